The number of amides is 2. The molecule has 8 heteroatoms. The summed E-state index contributed by atoms with van der Waals surface area (Å²) in [5.74, 6) is -0.621. The standard InChI is InChI=1S/C26H30FN5O2/c1-16(2)24-17(3)12-19(13-21(24)27)25(18-8-5-4-6-9-18)29-26(34)22-10-7-11-32(22)23(33)14-20-15-28-31-30-20/h4-6,8-9,12-13,15-16,22,25H,7,10-11,14H2,1-3H3,(H,29,34)(H,28,30,31)/t22-,25?/m0/s1. The van der Waals surface area contributed by atoms with Crippen molar-refractivity contribution in [2.24, 2.45) is 0 Å². The summed E-state index contributed by atoms with van der Waals surface area (Å²) in [6, 6.07) is 11.9. The Labute approximate surface area is 198 Å². The molecule has 1 aliphatic heterocycles. The first kappa shape index (κ1) is 23.6. The van der Waals surface area contributed by atoms with E-state index in [2.05, 4.69) is 20.7 Å². The Hall–Kier alpha value is -3.55. The number of rotatable bonds is 7. The van der Waals surface area contributed by atoms with Gasteiger partial charge in [-0.05, 0) is 54.0 Å². The number of aryl methyl sites for hydroxylation is 1. The molecule has 2 heterocycles. The van der Waals surface area contributed by atoms with Crippen molar-refractivity contribution in [3.63, 3.8) is 0 Å². The normalized spacial score (nSPS) is 16.6. The molecule has 0 radical (unpaired) electrons. The topological polar surface area (TPSA) is 91.0 Å². The van der Waals surface area contributed by atoms with E-state index in [1.807, 2.05) is 57.2 Å². The van der Waals surface area contributed by atoms with Crippen molar-refractivity contribution in [3.8, 4) is 0 Å². The lowest BCUT2D eigenvalue weighted by molar-refractivity contribution is -0.138. The molecule has 1 fully saturated rings. The van der Waals surface area contributed by atoms with E-state index in [1.165, 1.54) is 12.3 Å². The van der Waals surface area contributed by atoms with Crippen LogP contribution in [0.15, 0.2) is 48.7 Å². The highest BCUT2D eigenvalue weighted by Gasteiger charge is 2.35. The van der Waals surface area contributed by atoms with Crippen LogP contribution in [0.5, 0.6) is 0 Å². The Morgan fingerprint density at radius 3 is 2.62 bits per heavy atom. The molecule has 0 saturated carbocycles. The minimum Gasteiger partial charge on any atom is -0.343 e. The van der Waals surface area contributed by atoms with Gasteiger partial charge in [0.2, 0.25) is 11.8 Å². The second kappa shape index (κ2) is 10.2. The fraction of sp³-hybridized carbons (Fsp3) is 0.385. The van der Waals surface area contributed by atoms with Crippen LogP contribution >= 0.6 is 0 Å². The number of nitrogens with zero attached hydrogens (tertiary/aromatic N) is 3. The number of hydrogen-bond donors (Lipinski definition) is 2. The molecule has 34 heavy (non-hydrogen) atoms. The Balaban J connectivity index is 1.60. The Bertz CT molecular complexity index is 1120. The first-order chi connectivity index (χ1) is 16.3. The van der Waals surface area contributed by atoms with Crippen molar-refractivity contribution in [2.45, 2.75) is 58.0 Å². The highest BCUT2D eigenvalue weighted by Crippen LogP contribution is 2.30. The summed E-state index contributed by atoms with van der Waals surface area (Å²) in [6.45, 7) is 6.34. The number of carbonyl (C=O) groups excluding carboxylic acids is 2. The SMILES string of the molecule is Cc1cc(C(NC(=O)[C@@H]2CCCN2C(=O)Cc2cn[nH]n2)c2ccccc2)cc(F)c1C(C)C. The lowest BCUT2D eigenvalue weighted by Crippen LogP contribution is -2.47. The zero-order chi connectivity index (χ0) is 24.2. The second-order valence-electron chi connectivity index (χ2n) is 9.12. The molecule has 3 aromatic rings. The molecule has 2 atom stereocenters. The van der Waals surface area contributed by atoms with Crippen LogP contribution in [-0.4, -0.2) is 44.7 Å². The number of likely N-dealkylation sites (tertiary alicyclic amines) is 1. The fourth-order valence-corrected chi connectivity index (χ4v) is 4.83. The fourth-order valence-electron chi connectivity index (χ4n) is 4.83. The van der Waals surface area contributed by atoms with Gasteiger partial charge < -0.3 is 10.2 Å². The van der Waals surface area contributed by atoms with E-state index in [1.54, 1.807) is 4.90 Å². The number of nitrogens with one attached hydrogen (secondary N) is 2. The summed E-state index contributed by atoms with van der Waals surface area (Å²) < 4.78 is 15.0. The number of halogens is 1. The van der Waals surface area contributed by atoms with E-state index in [9.17, 15) is 9.59 Å². The van der Waals surface area contributed by atoms with Crippen LogP contribution in [0.3, 0.4) is 0 Å². The maximum absolute atomic E-state index is 15.0. The molecule has 7 nitrogen and oxygen atoms in total. The molecule has 1 aliphatic rings. The van der Waals surface area contributed by atoms with Crippen molar-refractivity contribution in [2.75, 3.05) is 6.54 Å². The van der Waals surface area contributed by atoms with E-state index in [4.69, 9.17) is 0 Å². The summed E-state index contributed by atoms with van der Waals surface area (Å²) in [4.78, 5) is 27.9. The highest BCUT2D eigenvalue weighted by molar-refractivity contribution is 5.89. The largest absolute Gasteiger partial charge is 0.343 e. The molecule has 0 spiro atoms. The van der Waals surface area contributed by atoms with Crippen molar-refractivity contribution in [1.29, 1.82) is 0 Å². The van der Waals surface area contributed by atoms with Crippen LogP contribution in [-0.2, 0) is 16.0 Å². The molecule has 0 aliphatic carbocycles. The second-order valence-corrected chi connectivity index (χ2v) is 9.12. The van der Waals surface area contributed by atoms with E-state index in [0.29, 0.717) is 29.8 Å². The molecule has 2 aromatic carbocycles. The van der Waals surface area contributed by atoms with Crippen LogP contribution in [0, 0.1) is 12.7 Å². The molecule has 0 bridgehead atoms. The zero-order valence-corrected chi connectivity index (χ0v) is 19.7. The third kappa shape index (κ3) is 5.00. The quantitative estimate of drug-likeness (QED) is 0.557. The van der Waals surface area contributed by atoms with Crippen LogP contribution in [0.25, 0.3) is 0 Å². The molecule has 2 N–H and O–H groups in total. The molecular formula is C26H30FN5O2. The molecule has 1 unspecified atom stereocenters. The van der Waals surface area contributed by atoms with Crippen molar-refractivity contribution >= 4 is 11.8 Å². The number of hydrogen-bond acceptors (Lipinski definition) is 4. The Morgan fingerprint density at radius 1 is 1.21 bits per heavy atom. The van der Waals surface area contributed by atoms with Gasteiger partial charge in [0.25, 0.3) is 0 Å². The summed E-state index contributed by atoms with van der Waals surface area (Å²) >= 11 is 0. The lowest BCUT2D eigenvalue weighted by atomic mass is 9.91. The van der Waals surface area contributed by atoms with Crippen LogP contribution in [0.1, 0.15) is 66.6 Å². The minimum atomic E-state index is -0.577. The summed E-state index contributed by atoms with van der Waals surface area (Å²) in [6.07, 6.45) is 2.92. The maximum Gasteiger partial charge on any atom is 0.243 e. The molecule has 1 saturated heterocycles. The number of aromatic nitrogens is 3. The van der Waals surface area contributed by atoms with Gasteiger partial charge in [-0.1, -0.05) is 50.2 Å². The number of H-pyrrole nitrogens is 1. The van der Waals surface area contributed by atoms with Gasteiger partial charge in [-0.2, -0.15) is 15.4 Å². The van der Waals surface area contributed by atoms with E-state index >= 15 is 4.39 Å². The predicted molar refractivity (Wildman–Crippen MR) is 126 cm³/mol. The zero-order valence-electron chi connectivity index (χ0n) is 19.7. The van der Waals surface area contributed by atoms with Crippen LogP contribution in [0.2, 0.25) is 0 Å². The summed E-state index contributed by atoms with van der Waals surface area (Å²) in [5, 5.41) is 13.3. The van der Waals surface area contributed by atoms with Crippen molar-refractivity contribution in [3.05, 3.63) is 82.4 Å². The first-order valence-electron chi connectivity index (χ1n) is 11.6. The number of benzene rings is 2. The summed E-state index contributed by atoms with van der Waals surface area (Å²) in [7, 11) is 0. The van der Waals surface area contributed by atoms with Gasteiger partial charge in [-0.15, -0.1) is 0 Å². The van der Waals surface area contributed by atoms with E-state index in [0.717, 1.165) is 17.5 Å². The average Bonchev–Trinajstić information content (AvgIpc) is 3.49. The monoisotopic (exact) mass is 463 g/mol. The number of aromatic amines is 1. The molecule has 1 aromatic heterocycles. The molecular weight excluding hydrogens is 433 g/mol. The van der Waals surface area contributed by atoms with Gasteiger partial charge in [-0.3, -0.25) is 9.59 Å². The Morgan fingerprint density at radius 2 is 1.97 bits per heavy atom. The average molecular weight is 464 g/mol. The van der Waals surface area contributed by atoms with Crippen molar-refractivity contribution in [1.82, 2.24) is 25.6 Å². The molecule has 4 rings (SSSR count). The maximum atomic E-state index is 15.0. The third-order valence-electron chi connectivity index (χ3n) is 6.36. The smallest absolute Gasteiger partial charge is 0.243 e. The Kier molecular flexibility index (Phi) is 7.05. The summed E-state index contributed by atoms with van der Waals surface area (Å²) in [5.41, 5.74) is 3.60. The van der Waals surface area contributed by atoms with Gasteiger partial charge in [0.1, 0.15) is 11.9 Å². The first-order valence-corrected chi connectivity index (χ1v) is 11.6. The van der Waals surface area contributed by atoms with Gasteiger partial charge in [0.15, 0.2) is 0 Å². The lowest BCUT2D eigenvalue weighted by Gasteiger charge is -2.27. The predicted octanol–water partition coefficient (Wildman–Crippen LogP) is 3.81. The third-order valence-corrected chi connectivity index (χ3v) is 6.36. The minimum absolute atomic E-state index is 0.0570. The van der Waals surface area contributed by atoms with Gasteiger partial charge in [0.05, 0.1) is 24.4 Å². The van der Waals surface area contributed by atoms with E-state index < -0.39 is 12.1 Å². The van der Waals surface area contributed by atoms with E-state index in [-0.39, 0.29) is 30.0 Å². The van der Waals surface area contributed by atoms with Crippen LogP contribution in [0.4, 0.5) is 4.39 Å². The molecule has 2 amide bonds. The van der Waals surface area contributed by atoms with Gasteiger partial charge in [-0.25, -0.2) is 4.39 Å². The van der Waals surface area contributed by atoms with Gasteiger partial charge in [0, 0.05) is 6.54 Å². The number of carbonyl (C=O) groups is 2. The van der Waals surface area contributed by atoms with Gasteiger partial charge >= 0.3 is 0 Å². The van der Waals surface area contributed by atoms with Crippen molar-refractivity contribution < 1.29 is 14.0 Å². The highest BCUT2D eigenvalue weighted by atomic mass is 19.1. The van der Waals surface area contributed by atoms with Crippen LogP contribution < -0.4 is 5.32 Å². The molecule has 178 valence electrons.